The molecule has 3 amide bonds. The van der Waals surface area contributed by atoms with Crippen LogP contribution in [0.4, 0.5) is 16.2 Å². The van der Waals surface area contributed by atoms with Crippen LogP contribution in [0.3, 0.4) is 0 Å². The number of nitrogens with zero attached hydrogens (tertiary/aromatic N) is 2. The third-order valence-corrected chi connectivity index (χ3v) is 3.47. The Morgan fingerprint density at radius 1 is 1.33 bits per heavy atom. The molecule has 21 heavy (non-hydrogen) atoms. The molecule has 0 spiro atoms. The van der Waals surface area contributed by atoms with Crippen LogP contribution in [0.2, 0.25) is 0 Å². The maximum atomic E-state index is 12.2. The highest BCUT2D eigenvalue weighted by Gasteiger charge is 2.38. The Labute approximate surface area is 122 Å². The number of hydrogen-bond acceptors (Lipinski definition) is 4. The summed E-state index contributed by atoms with van der Waals surface area (Å²) in [5, 5.41) is 13.6. The van der Waals surface area contributed by atoms with Gasteiger partial charge in [0, 0.05) is 24.6 Å². The highest BCUT2D eigenvalue weighted by Crippen LogP contribution is 2.29. The summed E-state index contributed by atoms with van der Waals surface area (Å²) < 4.78 is 0. The van der Waals surface area contributed by atoms with Gasteiger partial charge >= 0.3 is 6.03 Å². The zero-order valence-corrected chi connectivity index (χ0v) is 12.1. The van der Waals surface area contributed by atoms with Crippen molar-refractivity contribution in [2.45, 2.75) is 33.2 Å². The lowest BCUT2D eigenvalue weighted by Crippen LogP contribution is -2.58. The van der Waals surface area contributed by atoms with Crippen LogP contribution in [-0.2, 0) is 4.79 Å². The molecular formula is C14H17N3O4. The van der Waals surface area contributed by atoms with Gasteiger partial charge in [0.05, 0.1) is 10.6 Å². The number of amides is 3. The van der Waals surface area contributed by atoms with E-state index in [-0.39, 0.29) is 35.2 Å². The first-order valence-electron chi connectivity index (χ1n) is 6.58. The number of nitro benzene ring substituents is 1. The van der Waals surface area contributed by atoms with Gasteiger partial charge in [-0.15, -0.1) is 0 Å². The van der Waals surface area contributed by atoms with Gasteiger partial charge in [-0.25, -0.2) is 9.69 Å². The molecule has 0 saturated carbocycles. The van der Waals surface area contributed by atoms with E-state index in [1.54, 1.807) is 0 Å². The molecule has 112 valence electrons. The molecule has 0 aromatic heterocycles. The summed E-state index contributed by atoms with van der Waals surface area (Å²) >= 11 is 0. The molecule has 0 aliphatic carbocycles. The van der Waals surface area contributed by atoms with Crippen LogP contribution >= 0.6 is 0 Å². The van der Waals surface area contributed by atoms with Gasteiger partial charge in [0.2, 0.25) is 5.91 Å². The number of rotatable bonds is 2. The largest absolute Gasteiger partial charge is 0.334 e. The Morgan fingerprint density at radius 3 is 2.52 bits per heavy atom. The molecule has 1 heterocycles. The lowest BCUT2D eigenvalue weighted by Gasteiger charge is -2.38. The van der Waals surface area contributed by atoms with Crippen LogP contribution in [0, 0.1) is 15.5 Å². The van der Waals surface area contributed by atoms with Crippen LogP contribution < -0.4 is 10.2 Å². The average Bonchev–Trinajstić information content (AvgIpc) is 2.37. The third-order valence-electron chi connectivity index (χ3n) is 3.47. The normalized spacial score (nSPS) is 19.4. The fourth-order valence-corrected chi connectivity index (χ4v) is 2.17. The summed E-state index contributed by atoms with van der Waals surface area (Å²) in [6.07, 6.45) is 0.165. The first kappa shape index (κ1) is 15.0. The van der Waals surface area contributed by atoms with Crippen LogP contribution in [0.5, 0.6) is 0 Å². The molecule has 2 rings (SSSR count). The molecule has 0 bridgehead atoms. The number of carbonyl (C=O) groups is 2. The second-order valence-corrected chi connectivity index (χ2v) is 6.08. The average molecular weight is 291 g/mol. The minimum atomic E-state index is -0.562. The SMILES string of the molecule is CC(C)(C)C1CC(=O)N(c2cccc([N+](=O)[O-])c2)C(=O)N1. The van der Waals surface area contributed by atoms with Crippen molar-refractivity contribution >= 4 is 23.3 Å². The number of nitrogens with one attached hydrogen (secondary N) is 1. The molecule has 1 aliphatic rings. The molecule has 1 atom stereocenters. The van der Waals surface area contributed by atoms with Gasteiger partial charge in [-0.1, -0.05) is 26.8 Å². The maximum Gasteiger partial charge on any atom is 0.329 e. The van der Waals surface area contributed by atoms with Crippen LogP contribution in [0.1, 0.15) is 27.2 Å². The Balaban J connectivity index is 2.30. The second-order valence-electron chi connectivity index (χ2n) is 6.08. The van der Waals surface area contributed by atoms with E-state index < -0.39 is 11.0 Å². The third kappa shape index (κ3) is 3.01. The topological polar surface area (TPSA) is 92.6 Å². The summed E-state index contributed by atoms with van der Waals surface area (Å²) in [4.78, 5) is 35.6. The van der Waals surface area contributed by atoms with E-state index in [1.165, 1.54) is 24.3 Å². The van der Waals surface area contributed by atoms with Crippen molar-refractivity contribution in [3.8, 4) is 0 Å². The van der Waals surface area contributed by atoms with Crippen molar-refractivity contribution in [1.29, 1.82) is 0 Å². The van der Waals surface area contributed by atoms with E-state index in [2.05, 4.69) is 5.32 Å². The maximum absolute atomic E-state index is 12.2. The molecule has 1 unspecified atom stereocenters. The van der Waals surface area contributed by atoms with E-state index in [1.807, 2.05) is 20.8 Å². The minimum Gasteiger partial charge on any atom is -0.334 e. The predicted molar refractivity (Wildman–Crippen MR) is 77.0 cm³/mol. The number of urea groups is 1. The van der Waals surface area contributed by atoms with Gasteiger partial charge < -0.3 is 5.32 Å². The molecular weight excluding hydrogens is 274 g/mol. The van der Waals surface area contributed by atoms with Crippen LogP contribution in [0.15, 0.2) is 24.3 Å². The van der Waals surface area contributed by atoms with E-state index >= 15 is 0 Å². The van der Waals surface area contributed by atoms with E-state index in [9.17, 15) is 19.7 Å². The highest BCUT2D eigenvalue weighted by molar-refractivity contribution is 6.16. The quantitative estimate of drug-likeness (QED) is 0.669. The lowest BCUT2D eigenvalue weighted by molar-refractivity contribution is -0.384. The first-order valence-corrected chi connectivity index (χ1v) is 6.58. The standard InChI is InChI=1S/C14H17N3O4/c1-14(2,3)11-8-12(18)16(13(19)15-11)9-5-4-6-10(7-9)17(20)21/h4-7,11H,8H2,1-3H3,(H,15,19). The monoisotopic (exact) mass is 291 g/mol. The fraction of sp³-hybridized carbons (Fsp3) is 0.429. The summed E-state index contributed by atoms with van der Waals surface area (Å²) in [6.45, 7) is 5.82. The number of hydrogen-bond donors (Lipinski definition) is 1. The van der Waals surface area contributed by atoms with Gasteiger partial charge in [0.25, 0.3) is 5.69 Å². The molecule has 7 heteroatoms. The van der Waals surface area contributed by atoms with Gasteiger partial charge in [0.15, 0.2) is 0 Å². The minimum absolute atomic E-state index is 0.161. The number of carbonyl (C=O) groups excluding carboxylic acids is 2. The summed E-state index contributed by atoms with van der Waals surface area (Å²) in [5.41, 5.74) is -0.190. The van der Waals surface area contributed by atoms with Gasteiger partial charge in [0.1, 0.15) is 0 Å². The summed E-state index contributed by atoms with van der Waals surface area (Å²) in [7, 11) is 0. The van der Waals surface area contributed by atoms with Gasteiger partial charge in [-0.3, -0.25) is 14.9 Å². The molecule has 7 nitrogen and oxygen atoms in total. The van der Waals surface area contributed by atoms with Crippen molar-refractivity contribution in [2.24, 2.45) is 5.41 Å². The first-order chi connectivity index (χ1) is 9.70. The lowest BCUT2D eigenvalue weighted by atomic mass is 9.83. The number of nitro groups is 1. The highest BCUT2D eigenvalue weighted by atomic mass is 16.6. The van der Waals surface area contributed by atoms with Crippen molar-refractivity contribution in [3.05, 3.63) is 34.4 Å². The number of anilines is 1. The molecule has 1 saturated heterocycles. The summed E-state index contributed by atoms with van der Waals surface area (Å²) in [5.74, 6) is -0.362. The Bertz CT molecular complexity index is 588. The van der Waals surface area contributed by atoms with Crippen LogP contribution in [-0.4, -0.2) is 22.9 Å². The van der Waals surface area contributed by atoms with E-state index in [4.69, 9.17) is 0 Å². The summed E-state index contributed by atoms with van der Waals surface area (Å²) in [6, 6.07) is 4.67. The molecule has 1 aromatic carbocycles. The van der Waals surface area contributed by atoms with E-state index in [0.29, 0.717) is 0 Å². The van der Waals surface area contributed by atoms with Crippen molar-refractivity contribution < 1.29 is 14.5 Å². The van der Waals surface area contributed by atoms with Crippen molar-refractivity contribution in [2.75, 3.05) is 4.90 Å². The van der Waals surface area contributed by atoms with Gasteiger partial charge in [-0.05, 0) is 11.5 Å². The molecule has 1 aromatic rings. The number of benzene rings is 1. The Hall–Kier alpha value is -2.44. The molecule has 0 radical (unpaired) electrons. The molecule has 1 aliphatic heterocycles. The van der Waals surface area contributed by atoms with E-state index in [0.717, 1.165) is 4.90 Å². The zero-order chi connectivity index (χ0) is 15.8. The zero-order valence-electron chi connectivity index (χ0n) is 12.1. The Morgan fingerprint density at radius 2 is 2.00 bits per heavy atom. The Kier molecular flexibility index (Phi) is 3.67. The van der Waals surface area contributed by atoms with Crippen LogP contribution in [0.25, 0.3) is 0 Å². The fourth-order valence-electron chi connectivity index (χ4n) is 2.17. The van der Waals surface area contributed by atoms with Crippen molar-refractivity contribution in [1.82, 2.24) is 5.32 Å². The predicted octanol–water partition coefficient (Wildman–Crippen LogP) is 2.46. The molecule has 1 fully saturated rings. The van der Waals surface area contributed by atoms with Crippen molar-refractivity contribution in [3.63, 3.8) is 0 Å². The second kappa shape index (κ2) is 5.16. The number of imide groups is 1. The van der Waals surface area contributed by atoms with Gasteiger partial charge in [-0.2, -0.15) is 0 Å². The smallest absolute Gasteiger partial charge is 0.329 e. The molecule has 1 N–H and O–H groups in total. The number of non-ortho nitro benzene ring substituents is 1.